The van der Waals surface area contributed by atoms with E-state index in [1.807, 2.05) is 42.5 Å². The lowest BCUT2D eigenvalue weighted by molar-refractivity contribution is -0.121. The van der Waals surface area contributed by atoms with Gasteiger partial charge in [-0.2, -0.15) is 4.99 Å². The monoisotopic (exact) mass is 382 g/mol. The van der Waals surface area contributed by atoms with Crippen LogP contribution in [0.4, 0.5) is 5.69 Å². The Labute approximate surface area is 162 Å². The molecule has 2 aliphatic rings. The van der Waals surface area contributed by atoms with Gasteiger partial charge in [0.25, 0.3) is 5.91 Å². The molecule has 2 amide bonds. The fourth-order valence-corrected chi connectivity index (χ4v) is 4.46. The highest BCUT2D eigenvalue weighted by Gasteiger charge is 2.33. The van der Waals surface area contributed by atoms with Crippen molar-refractivity contribution in [3.63, 3.8) is 0 Å². The summed E-state index contributed by atoms with van der Waals surface area (Å²) in [5.41, 5.74) is 0.772. The zero-order valence-electron chi connectivity index (χ0n) is 15.2. The van der Waals surface area contributed by atoms with Crippen LogP contribution in [-0.4, -0.2) is 65.3 Å². The molecule has 0 unspecified atom stereocenters. The number of rotatable bonds is 3. The molecule has 1 fully saturated rings. The van der Waals surface area contributed by atoms with E-state index in [0.717, 1.165) is 47.8 Å². The minimum Gasteiger partial charge on any atom is -0.349 e. The normalized spacial score (nSPS) is 20.8. The summed E-state index contributed by atoms with van der Waals surface area (Å²) in [4.78, 5) is 33.4. The molecule has 0 spiro atoms. The Bertz CT molecular complexity index is 900. The summed E-state index contributed by atoms with van der Waals surface area (Å²) in [5, 5.41) is 5.35. The third kappa shape index (κ3) is 3.99. The molecule has 2 aliphatic heterocycles. The molecule has 1 atom stereocenters. The molecule has 0 saturated carbocycles. The fourth-order valence-electron chi connectivity index (χ4n) is 3.35. The van der Waals surface area contributed by atoms with Crippen molar-refractivity contribution in [2.75, 3.05) is 38.5 Å². The summed E-state index contributed by atoms with van der Waals surface area (Å²) in [5.74, 6) is -0.367. The number of hydrogen-bond donors (Lipinski definition) is 1. The summed E-state index contributed by atoms with van der Waals surface area (Å²) in [7, 11) is 2.09. The largest absolute Gasteiger partial charge is 0.349 e. The smallest absolute Gasteiger partial charge is 0.262 e. The van der Waals surface area contributed by atoms with Crippen LogP contribution < -0.4 is 5.32 Å². The van der Waals surface area contributed by atoms with Gasteiger partial charge in [0.2, 0.25) is 5.91 Å². The summed E-state index contributed by atoms with van der Waals surface area (Å²) < 4.78 is 0. The summed E-state index contributed by atoms with van der Waals surface area (Å²) in [6.45, 7) is 3.65. The second-order valence-corrected chi connectivity index (χ2v) is 8.08. The molecule has 1 N–H and O–H groups in total. The Balaban J connectivity index is 1.38. The number of aliphatic imine (C=N–C) groups is 1. The highest BCUT2D eigenvalue weighted by Crippen LogP contribution is 2.29. The number of nitrogens with one attached hydrogen (secondary N) is 1. The summed E-state index contributed by atoms with van der Waals surface area (Å²) >= 11 is 1.42. The van der Waals surface area contributed by atoms with E-state index < -0.39 is 5.25 Å². The van der Waals surface area contributed by atoms with Crippen molar-refractivity contribution in [2.45, 2.75) is 11.7 Å². The van der Waals surface area contributed by atoms with Crippen molar-refractivity contribution < 1.29 is 9.59 Å². The van der Waals surface area contributed by atoms with E-state index in [2.05, 4.69) is 27.2 Å². The maximum Gasteiger partial charge on any atom is 0.262 e. The molecule has 0 aromatic heterocycles. The highest BCUT2D eigenvalue weighted by atomic mass is 32.2. The van der Waals surface area contributed by atoms with Crippen LogP contribution in [0.5, 0.6) is 0 Å². The van der Waals surface area contributed by atoms with Crippen LogP contribution in [0.3, 0.4) is 0 Å². The molecule has 2 aromatic rings. The number of carbonyl (C=O) groups is 2. The molecule has 1 saturated heterocycles. The zero-order chi connectivity index (χ0) is 18.8. The Hall–Kier alpha value is -2.38. The molecule has 2 heterocycles. The number of carbonyl (C=O) groups excluding carboxylic acids is 2. The lowest BCUT2D eigenvalue weighted by atomic mass is 10.1. The van der Waals surface area contributed by atoms with Gasteiger partial charge in [-0.25, -0.2) is 0 Å². The van der Waals surface area contributed by atoms with Gasteiger partial charge in [0.15, 0.2) is 5.17 Å². The number of benzene rings is 2. The highest BCUT2D eigenvalue weighted by molar-refractivity contribution is 8.15. The van der Waals surface area contributed by atoms with E-state index in [1.54, 1.807) is 0 Å². The van der Waals surface area contributed by atoms with Crippen LogP contribution in [0.2, 0.25) is 0 Å². The molecule has 0 radical (unpaired) electrons. The van der Waals surface area contributed by atoms with Gasteiger partial charge in [-0.1, -0.05) is 48.2 Å². The lowest BCUT2D eigenvalue weighted by Crippen LogP contribution is -2.46. The molecule has 0 aliphatic carbocycles. The maximum atomic E-state index is 12.5. The Morgan fingerprint density at radius 1 is 1.15 bits per heavy atom. The Kier molecular flexibility index (Phi) is 5.13. The van der Waals surface area contributed by atoms with Crippen molar-refractivity contribution >= 4 is 45.2 Å². The fraction of sp³-hybridized carbons (Fsp3) is 0.350. The van der Waals surface area contributed by atoms with Gasteiger partial charge in [-0.3, -0.25) is 9.59 Å². The predicted octanol–water partition coefficient (Wildman–Crippen LogP) is 2.41. The van der Waals surface area contributed by atoms with Crippen LogP contribution >= 0.6 is 11.8 Å². The Morgan fingerprint density at radius 2 is 1.89 bits per heavy atom. The molecular weight excluding hydrogens is 360 g/mol. The van der Waals surface area contributed by atoms with Crippen molar-refractivity contribution in [3.05, 3.63) is 42.5 Å². The first-order valence-corrected chi connectivity index (χ1v) is 9.98. The van der Waals surface area contributed by atoms with Crippen molar-refractivity contribution in [3.8, 4) is 0 Å². The molecule has 140 valence electrons. The zero-order valence-corrected chi connectivity index (χ0v) is 16.0. The number of thioether (sulfide) groups is 1. The number of amidine groups is 1. The van der Waals surface area contributed by atoms with Crippen LogP contribution in [0, 0.1) is 0 Å². The molecule has 4 rings (SSSR count). The standard InChI is InChI=1S/C20H22N4O2S/c1-23-9-11-24(12-10-23)20-22-19(26)17(27-20)13-18(25)21-16-8-4-6-14-5-2-3-7-15(14)16/h2-8,17H,9-13H2,1H3,(H,21,25)/t17-/m0/s1. The van der Waals surface area contributed by atoms with Crippen LogP contribution in [0.15, 0.2) is 47.5 Å². The minimum atomic E-state index is -0.436. The molecule has 6 nitrogen and oxygen atoms in total. The van der Waals surface area contributed by atoms with Gasteiger partial charge in [0.1, 0.15) is 5.25 Å². The summed E-state index contributed by atoms with van der Waals surface area (Å²) in [6, 6.07) is 13.7. The van der Waals surface area contributed by atoms with Crippen LogP contribution in [0.1, 0.15) is 6.42 Å². The number of anilines is 1. The maximum absolute atomic E-state index is 12.5. The van der Waals surface area contributed by atoms with E-state index >= 15 is 0 Å². The number of fused-ring (bicyclic) bond motifs is 1. The molecular formula is C20H22N4O2S. The SMILES string of the molecule is CN1CCN(C2=NC(=O)[C@H](CC(=O)Nc3cccc4ccccc34)S2)CC1. The number of likely N-dealkylation sites (N-methyl/N-ethyl adjacent to an activating group) is 1. The first kappa shape index (κ1) is 18.0. The van der Waals surface area contributed by atoms with Gasteiger partial charge < -0.3 is 15.1 Å². The quantitative estimate of drug-likeness (QED) is 0.883. The number of piperazine rings is 1. The average molecular weight is 382 g/mol. The van der Waals surface area contributed by atoms with E-state index in [9.17, 15) is 9.59 Å². The van der Waals surface area contributed by atoms with Gasteiger partial charge in [0, 0.05) is 43.7 Å². The first-order chi connectivity index (χ1) is 13.1. The average Bonchev–Trinajstić information content (AvgIpc) is 3.03. The summed E-state index contributed by atoms with van der Waals surface area (Å²) in [6.07, 6.45) is 0.132. The molecule has 2 aromatic carbocycles. The number of hydrogen-bond acceptors (Lipinski definition) is 5. The first-order valence-electron chi connectivity index (χ1n) is 9.10. The van der Waals surface area contributed by atoms with Gasteiger partial charge in [-0.05, 0) is 18.5 Å². The van der Waals surface area contributed by atoms with Crippen molar-refractivity contribution in [2.24, 2.45) is 4.99 Å². The van der Waals surface area contributed by atoms with Crippen molar-refractivity contribution in [1.29, 1.82) is 0 Å². The molecule has 0 bridgehead atoms. The predicted molar refractivity (Wildman–Crippen MR) is 110 cm³/mol. The van der Waals surface area contributed by atoms with E-state index in [1.165, 1.54) is 11.8 Å². The molecule has 7 heteroatoms. The van der Waals surface area contributed by atoms with Crippen molar-refractivity contribution in [1.82, 2.24) is 9.80 Å². The second kappa shape index (κ2) is 7.70. The van der Waals surface area contributed by atoms with Gasteiger partial charge in [0.05, 0.1) is 0 Å². The molecule has 27 heavy (non-hydrogen) atoms. The number of nitrogens with zero attached hydrogens (tertiary/aromatic N) is 3. The van der Waals surface area contributed by atoms with Crippen LogP contribution in [-0.2, 0) is 9.59 Å². The van der Waals surface area contributed by atoms with Gasteiger partial charge in [-0.15, -0.1) is 0 Å². The van der Waals surface area contributed by atoms with Crippen LogP contribution in [0.25, 0.3) is 10.8 Å². The minimum absolute atomic E-state index is 0.132. The lowest BCUT2D eigenvalue weighted by Gasteiger charge is -2.33. The van der Waals surface area contributed by atoms with E-state index in [0.29, 0.717) is 0 Å². The van der Waals surface area contributed by atoms with Gasteiger partial charge >= 0.3 is 0 Å². The Morgan fingerprint density at radius 3 is 2.70 bits per heavy atom. The number of amides is 2. The topological polar surface area (TPSA) is 65.0 Å². The van der Waals surface area contributed by atoms with E-state index in [-0.39, 0.29) is 18.2 Å². The van der Waals surface area contributed by atoms with E-state index in [4.69, 9.17) is 0 Å². The second-order valence-electron chi connectivity index (χ2n) is 6.91. The third-order valence-electron chi connectivity index (χ3n) is 4.94. The third-order valence-corrected chi connectivity index (χ3v) is 6.15.